The number of halogens is 2. The van der Waals surface area contributed by atoms with Crippen LogP contribution in [0, 0.1) is 11.6 Å². The molecule has 4 rings (SSSR count). The second-order valence-electron chi connectivity index (χ2n) is 6.84. The molecule has 27 heavy (non-hydrogen) atoms. The first kappa shape index (κ1) is 17.8. The SMILES string of the molecule is CNCc1nn(-c2ccc(F)cc2)c2c1CN(Cc1ccccc1F)CC2. The van der Waals surface area contributed by atoms with E-state index in [0.717, 1.165) is 36.6 Å². The lowest BCUT2D eigenvalue weighted by atomic mass is 10.0. The molecule has 0 bridgehead atoms. The van der Waals surface area contributed by atoms with Gasteiger partial charge in [-0.25, -0.2) is 13.5 Å². The number of fused-ring (bicyclic) bond motifs is 1. The Morgan fingerprint density at radius 3 is 2.59 bits per heavy atom. The molecule has 3 aromatic rings. The van der Waals surface area contributed by atoms with Gasteiger partial charge in [-0.1, -0.05) is 18.2 Å². The van der Waals surface area contributed by atoms with Gasteiger partial charge in [-0.05, 0) is 37.4 Å². The largest absolute Gasteiger partial charge is 0.314 e. The molecule has 0 radical (unpaired) electrons. The van der Waals surface area contributed by atoms with Gasteiger partial charge in [-0.15, -0.1) is 0 Å². The van der Waals surface area contributed by atoms with Gasteiger partial charge in [0, 0.05) is 43.7 Å². The van der Waals surface area contributed by atoms with Crippen LogP contribution in [0.4, 0.5) is 8.78 Å². The van der Waals surface area contributed by atoms with Crippen LogP contribution >= 0.6 is 0 Å². The van der Waals surface area contributed by atoms with E-state index in [1.54, 1.807) is 18.2 Å². The summed E-state index contributed by atoms with van der Waals surface area (Å²) in [6.45, 7) is 2.78. The second-order valence-corrected chi connectivity index (χ2v) is 6.84. The van der Waals surface area contributed by atoms with Crippen LogP contribution in [0.3, 0.4) is 0 Å². The molecule has 1 aliphatic rings. The molecule has 0 amide bonds. The highest BCUT2D eigenvalue weighted by molar-refractivity contribution is 5.39. The second kappa shape index (κ2) is 7.58. The zero-order chi connectivity index (χ0) is 18.8. The van der Waals surface area contributed by atoms with Crippen molar-refractivity contribution in [1.29, 1.82) is 0 Å². The molecule has 140 valence electrons. The molecule has 1 aromatic heterocycles. The fourth-order valence-electron chi connectivity index (χ4n) is 3.65. The van der Waals surface area contributed by atoms with E-state index in [4.69, 9.17) is 5.10 Å². The summed E-state index contributed by atoms with van der Waals surface area (Å²) in [5.41, 5.74) is 4.88. The molecule has 0 unspecified atom stereocenters. The van der Waals surface area contributed by atoms with Gasteiger partial charge in [0.25, 0.3) is 0 Å². The molecule has 1 aliphatic heterocycles. The first-order valence-corrected chi connectivity index (χ1v) is 9.11. The van der Waals surface area contributed by atoms with Crippen molar-refractivity contribution in [3.05, 3.63) is 82.7 Å². The molecule has 0 atom stereocenters. The predicted octanol–water partition coefficient (Wildman–Crippen LogP) is 3.43. The fraction of sp³-hybridized carbons (Fsp3) is 0.286. The molecule has 0 aliphatic carbocycles. The molecule has 0 saturated heterocycles. The highest BCUT2D eigenvalue weighted by atomic mass is 19.1. The van der Waals surface area contributed by atoms with Crippen LogP contribution in [0.25, 0.3) is 5.69 Å². The van der Waals surface area contributed by atoms with Crippen molar-refractivity contribution >= 4 is 0 Å². The Labute approximate surface area is 157 Å². The van der Waals surface area contributed by atoms with Crippen molar-refractivity contribution in [2.45, 2.75) is 26.1 Å². The van der Waals surface area contributed by atoms with Gasteiger partial charge in [0.05, 0.1) is 17.1 Å². The first-order chi connectivity index (χ1) is 13.2. The summed E-state index contributed by atoms with van der Waals surface area (Å²) in [5.74, 6) is -0.424. The molecular weight excluding hydrogens is 346 g/mol. The van der Waals surface area contributed by atoms with Gasteiger partial charge in [-0.3, -0.25) is 4.90 Å². The summed E-state index contributed by atoms with van der Waals surface area (Å²) in [4.78, 5) is 2.25. The number of rotatable bonds is 5. The molecular formula is C21H22F2N4. The Hall–Kier alpha value is -2.57. The van der Waals surface area contributed by atoms with Gasteiger partial charge in [0.15, 0.2) is 0 Å². The molecule has 2 heterocycles. The summed E-state index contributed by atoms with van der Waals surface area (Å²) < 4.78 is 29.2. The van der Waals surface area contributed by atoms with E-state index in [1.807, 2.05) is 23.9 Å². The highest BCUT2D eigenvalue weighted by Gasteiger charge is 2.25. The van der Waals surface area contributed by atoms with Gasteiger partial charge in [-0.2, -0.15) is 5.10 Å². The maximum absolute atomic E-state index is 14.0. The molecule has 6 heteroatoms. The molecule has 0 fully saturated rings. The van der Waals surface area contributed by atoms with Crippen molar-refractivity contribution in [1.82, 2.24) is 20.0 Å². The monoisotopic (exact) mass is 368 g/mol. The minimum Gasteiger partial charge on any atom is -0.314 e. The third-order valence-corrected chi connectivity index (χ3v) is 4.99. The maximum Gasteiger partial charge on any atom is 0.127 e. The van der Waals surface area contributed by atoms with Crippen LogP contribution < -0.4 is 5.32 Å². The summed E-state index contributed by atoms with van der Waals surface area (Å²) in [6.07, 6.45) is 0.817. The van der Waals surface area contributed by atoms with E-state index >= 15 is 0 Å². The normalized spacial score (nSPS) is 14.3. The van der Waals surface area contributed by atoms with E-state index in [0.29, 0.717) is 18.7 Å². The van der Waals surface area contributed by atoms with Crippen LogP contribution in [0.15, 0.2) is 48.5 Å². The minimum atomic E-state index is -0.258. The minimum absolute atomic E-state index is 0.166. The van der Waals surface area contributed by atoms with Crippen molar-refractivity contribution < 1.29 is 8.78 Å². The Morgan fingerprint density at radius 2 is 1.85 bits per heavy atom. The first-order valence-electron chi connectivity index (χ1n) is 9.11. The fourth-order valence-corrected chi connectivity index (χ4v) is 3.65. The lowest BCUT2D eigenvalue weighted by Gasteiger charge is -2.28. The predicted molar refractivity (Wildman–Crippen MR) is 101 cm³/mol. The smallest absolute Gasteiger partial charge is 0.127 e. The average Bonchev–Trinajstić information content (AvgIpc) is 3.03. The van der Waals surface area contributed by atoms with Crippen molar-refractivity contribution in [2.75, 3.05) is 13.6 Å². The van der Waals surface area contributed by atoms with E-state index in [-0.39, 0.29) is 11.6 Å². The van der Waals surface area contributed by atoms with Crippen LogP contribution in [0.1, 0.15) is 22.5 Å². The van der Waals surface area contributed by atoms with Crippen LogP contribution in [-0.4, -0.2) is 28.3 Å². The number of benzene rings is 2. The molecule has 2 aromatic carbocycles. The highest BCUT2D eigenvalue weighted by Crippen LogP contribution is 2.27. The summed E-state index contributed by atoms with van der Waals surface area (Å²) >= 11 is 0. The van der Waals surface area contributed by atoms with Crippen LogP contribution in [0.5, 0.6) is 0 Å². The van der Waals surface area contributed by atoms with Crippen molar-refractivity contribution in [2.24, 2.45) is 0 Å². The molecule has 1 N–H and O–H groups in total. The lowest BCUT2D eigenvalue weighted by molar-refractivity contribution is 0.239. The van der Waals surface area contributed by atoms with Crippen molar-refractivity contribution in [3.8, 4) is 5.69 Å². The Balaban J connectivity index is 1.64. The molecule has 4 nitrogen and oxygen atoms in total. The third kappa shape index (κ3) is 3.63. The van der Waals surface area contributed by atoms with Crippen molar-refractivity contribution in [3.63, 3.8) is 0 Å². The van der Waals surface area contributed by atoms with Crippen LogP contribution in [-0.2, 0) is 26.1 Å². The quantitative estimate of drug-likeness (QED) is 0.749. The summed E-state index contributed by atoms with van der Waals surface area (Å²) in [5, 5.41) is 7.94. The molecule has 0 spiro atoms. The van der Waals surface area contributed by atoms with Gasteiger partial charge < -0.3 is 5.32 Å². The number of nitrogens with one attached hydrogen (secondary N) is 1. The van der Waals surface area contributed by atoms with Gasteiger partial charge >= 0.3 is 0 Å². The Bertz CT molecular complexity index is 934. The number of aromatic nitrogens is 2. The Morgan fingerprint density at radius 1 is 1.07 bits per heavy atom. The maximum atomic E-state index is 14.0. The van der Waals surface area contributed by atoms with E-state index in [2.05, 4.69) is 10.2 Å². The third-order valence-electron chi connectivity index (χ3n) is 4.99. The Kier molecular flexibility index (Phi) is 5.01. The summed E-state index contributed by atoms with van der Waals surface area (Å²) in [6, 6.07) is 13.3. The number of hydrogen-bond acceptors (Lipinski definition) is 3. The van der Waals surface area contributed by atoms with E-state index in [9.17, 15) is 8.78 Å². The van der Waals surface area contributed by atoms with E-state index < -0.39 is 0 Å². The van der Waals surface area contributed by atoms with Gasteiger partial charge in [0.1, 0.15) is 11.6 Å². The average molecular weight is 368 g/mol. The number of nitrogens with zero attached hydrogens (tertiary/aromatic N) is 3. The van der Waals surface area contributed by atoms with Gasteiger partial charge in [0.2, 0.25) is 0 Å². The topological polar surface area (TPSA) is 33.1 Å². The zero-order valence-electron chi connectivity index (χ0n) is 15.3. The summed E-state index contributed by atoms with van der Waals surface area (Å²) in [7, 11) is 1.89. The molecule has 0 saturated carbocycles. The van der Waals surface area contributed by atoms with E-state index in [1.165, 1.54) is 23.8 Å². The lowest BCUT2D eigenvalue weighted by Crippen LogP contribution is -2.31. The zero-order valence-corrected chi connectivity index (χ0v) is 15.3. The standard InChI is InChI=1S/C21H22F2N4/c1-24-12-20-18-14-26(13-15-4-2-3-5-19(15)23)11-10-21(18)27(25-20)17-8-6-16(22)7-9-17/h2-9,24H,10-14H2,1H3. The number of hydrogen-bond donors (Lipinski definition) is 1. The van der Waals surface area contributed by atoms with Crippen LogP contribution in [0.2, 0.25) is 0 Å².